The van der Waals surface area contributed by atoms with E-state index in [1.165, 1.54) is 0 Å². The van der Waals surface area contributed by atoms with Gasteiger partial charge in [-0.15, -0.1) is 0 Å². The Kier molecular flexibility index (Phi) is 3.51. The van der Waals surface area contributed by atoms with Crippen molar-refractivity contribution in [3.8, 4) is 0 Å². The standard InChI is InChI=1S/C18H14ClN3S/c1-10-6-7-11-9-12(17(19)20-15(11)8-10)16(23)18-21-13-4-2-3-5-14(13)22-18/h2-9,16,23H,1H3,(H,21,22). The third-order valence-corrected chi connectivity index (χ3v) is 4.74. The van der Waals surface area contributed by atoms with E-state index in [0.29, 0.717) is 5.15 Å². The van der Waals surface area contributed by atoms with Crippen LogP contribution in [-0.4, -0.2) is 15.0 Å². The fourth-order valence-corrected chi connectivity index (χ4v) is 3.36. The van der Waals surface area contributed by atoms with Crippen LogP contribution in [0, 0.1) is 6.92 Å². The van der Waals surface area contributed by atoms with E-state index in [2.05, 4.69) is 27.1 Å². The van der Waals surface area contributed by atoms with E-state index in [9.17, 15) is 0 Å². The lowest BCUT2D eigenvalue weighted by atomic mass is 10.1. The van der Waals surface area contributed by atoms with Crippen molar-refractivity contribution >= 4 is 46.2 Å². The van der Waals surface area contributed by atoms with E-state index >= 15 is 0 Å². The molecule has 114 valence electrons. The molecule has 4 rings (SSSR count). The predicted octanol–water partition coefficient (Wildman–Crippen LogP) is 5.09. The maximum atomic E-state index is 6.40. The average molecular weight is 340 g/mol. The number of nitrogens with zero attached hydrogens (tertiary/aromatic N) is 2. The zero-order valence-corrected chi connectivity index (χ0v) is 14.1. The molecule has 23 heavy (non-hydrogen) atoms. The molecule has 0 bridgehead atoms. The van der Waals surface area contributed by atoms with Crippen molar-refractivity contribution < 1.29 is 0 Å². The first-order valence-electron chi connectivity index (χ1n) is 7.31. The predicted molar refractivity (Wildman–Crippen MR) is 98.4 cm³/mol. The number of halogens is 1. The molecule has 0 aliphatic heterocycles. The summed E-state index contributed by atoms with van der Waals surface area (Å²) in [6, 6.07) is 16.1. The number of nitrogens with one attached hydrogen (secondary N) is 1. The average Bonchev–Trinajstić information content (AvgIpc) is 2.97. The van der Waals surface area contributed by atoms with E-state index in [4.69, 9.17) is 24.2 Å². The fourth-order valence-electron chi connectivity index (χ4n) is 2.71. The van der Waals surface area contributed by atoms with Crippen LogP contribution in [-0.2, 0) is 0 Å². The van der Waals surface area contributed by atoms with Gasteiger partial charge in [0.2, 0.25) is 0 Å². The zero-order chi connectivity index (χ0) is 16.0. The van der Waals surface area contributed by atoms with Crippen LogP contribution in [0.3, 0.4) is 0 Å². The number of H-pyrrole nitrogens is 1. The summed E-state index contributed by atoms with van der Waals surface area (Å²) >= 11 is 11.1. The second kappa shape index (κ2) is 5.55. The highest BCUT2D eigenvalue weighted by Gasteiger charge is 2.18. The normalized spacial score (nSPS) is 12.8. The molecule has 0 aliphatic carbocycles. The summed E-state index contributed by atoms with van der Waals surface area (Å²) in [4.78, 5) is 12.4. The molecule has 3 nitrogen and oxygen atoms in total. The molecule has 0 radical (unpaired) electrons. The van der Waals surface area contributed by atoms with Gasteiger partial charge in [0.1, 0.15) is 11.0 Å². The molecule has 0 saturated heterocycles. The van der Waals surface area contributed by atoms with Crippen LogP contribution in [0.1, 0.15) is 22.2 Å². The van der Waals surface area contributed by atoms with Crippen LogP contribution in [0.4, 0.5) is 0 Å². The van der Waals surface area contributed by atoms with Gasteiger partial charge in [-0.25, -0.2) is 9.97 Å². The number of pyridine rings is 1. The highest BCUT2D eigenvalue weighted by atomic mass is 35.5. The number of benzene rings is 2. The van der Waals surface area contributed by atoms with Crippen molar-refractivity contribution in [2.45, 2.75) is 12.2 Å². The van der Waals surface area contributed by atoms with Crippen LogP contribution in [0.5, 0.6) is 0 Å². The maximum Gasteiger partial charge on any atom is 0.134 e. The monoisotopic (exact) mass is 339 g/mol. The summed E-state index contributed by atoms with van der Waals surface area (Å²) in [6.45, 7) is 2.04. The minimum absolute atomic E-state index is 0.256. The molecule has 1 atom stereocenters. The van der Waals surface area contributed by atoms with Gasteiger partial charge in [0.25, 0.3) is 0 Å². The summed E-state index contributed by atoms with van der Waals surface area (Å²) in [6.07, 6.45) is 0. The molecular formula is C18H14ClN3S. The van der Waals surface area contributed by atoms with E-state index in [-0.39, 0.29) is 5.25 Å². The number of aromatic amines is 1. The Bertz CT molecular complexity index is 992. The summed E-state index contributed by atoms with van der Waals surface area (Å²) < 4.78 is 0. The SMILES string of the molecule is Cc1ccc2cc(C(S)c3nc4ccccc4[nH]3)c(Cl)nc2c1. The van der Waals surface area contributed by atoms with Crippen molar-refractivity contribution in [2.24, 2.45) is 0 Å². The van der Waals surface area contributed by atoms with E-state index < -0.39 is 0 Å². The van der Waals surface area contributed by atoms with Gasteiger partial charge < -0.3 is 4.98 Å². The Hall–Kier alpha value is -2.04. The Morgan fingerprint density at radius 2 is 1.87 bits per heavy atom. The van der Waals surface area contributed by atoms with E-state index in [1.54, 1.807) is 0 Å². The van der Waals surface area contributed by atoms with Gasteiger partial charge >= 0.3 is 0 Å². The third-order valence-electron chi connectivity index (χ3n) is 3.92. The number of rotatable bonds is 2. The number of aromatic nitrogens is 3. The highest BCUT2D eigenvalue weighted by molar-refractivity contribution is 7.80. The first kappa shape index (κ1) is 14.5. The second-order valence-electron chi connectivity index (χ2n) is 5.61. The van der Waals surface area contributed by atoms with Crippen molar-refractivity contribution in [3.05, 3.63) is 70.6 Å². The number of aryl methyl sites for hydroxylation is 1. The van der Waals surface area contributed by atoms with E-state index in [0.717, 1.165) is 38.9 Å². The van der Waals surface area contributed by atoms with Gasteiger partial charge in [-0.3, -0.25) is 0 Å². The largest absolute Gasteiger partial charge is 0.341 e. The van der Waals surface area contributed by atoms with Crippen LogP contribution < -0.4 is 0 Å². The zero-order valence-electron chi connectivity index (χ0n) is 12.4. The molecular weight excluding hydrogens is 326 g/mol. The first-order valence-corrected chi connectivity index (χ1v) is 8.21. The third kappa shape index (κ3) is 2.58. The fraction of sp³-hybridized carbons (Fsp3) is 0.111. The number of imidazole rings is 1. The van der Waals surface area contributed by atoms with Gasteiger partial charge in [0.15, 0.2) is 0 Å². The lowest BCUT2D eigenvalue weighted by Gasteiger charge is -2.11. The summed E-state index contributed by atoms with van der Waals surface area (Å²) in [5, 5.41) is 1.25. The lowest BCUT2D eigenvalue weighted by Crippen LogP contribution is -1.99. The first-order chi connectivity index (χ1) is 11.1. The maximum absolute atomic E-state index is 6.40. The molecule has 0 fully saturated rings. The molecule has 2 aromatic carbocycles. The van der Waals surface area contributed by atoms with Crippen LogP contribution in [0.2, 0.25) is 5.15 Å². The molecule has 0 saturated carbocycles. The Balaban J connectivity index is 1.83. The quantitative estimate of drug-likeness (QED) is 0.394. The number of fused-ring (bicyclic) bond motifs is 2. The van der Waals surface area contributed by atoms with Crippen LogP contribution in [0.25, 0.3) is 21.9 Å². The smallest absolute Gasteiger partial charge is 0.134 e. The summed E-state index contributed by atoms with van der Waals surface area (Å²) in [7, 11) is 0. The molecule has 0 spiro atoms. The Morgan fingerprint density at radius 3 is 2.70 bits per heavy atom. The second-order valence-corrected chi connectivity index (χ2v) is 6.48. The van der Waals surface area contributed by atoms with Gasteiger partial charge in [-0.05, 0) is 36.8 Å². The van der Waals surface area contributed by atoms with Crippen molar-refractivity contribution in [1.82, 2.24) is 15.0 Å². The van der Waals surface area contributed by atoms with Gasteiger partial charge in [0.05, 0.1) is 21.8 Å². The van der Waals surface area contributed by atoms with Gasteiger partial charge in [-0.1, -0.05) is 35.9 Å². The minimum atomic E-state index is -0.256. The van der Waals surface area contributed by atoms with Crippen molar-refractivity contribution in [1.29, 1.82) is 0 Å². The van der Waals surface area contributed by atoms with E-state index in [1.807, 2.05) is 43.3 Å². The molecule has 2 aromatic heterocycles. The topological polar surface area (TPSA) is 41.6 Å². The highest BCUT2D eigenvalue weighted by Crippen LogP contribution is 2.34. The lowest BCUT2D eigenvalue weighted by molar-refractivity contribution is 1.01. The minimum Gasteiger partial charge on any atom is -0.341 e. The number of thiol groups is 1. The van der Waals surface area contributed by atoms with Gasteiger partial charge in [-0.2, -0.15) is 12.6 Å². The Labute approximate surface area is 144 Å². The number of hydrogen-bond donors (Lipinski definition) is 2. The van der Waals surface area contributed by atoms with Crippen LogP contribution in [0.15, 0.2) is 48.5 Å². The van der Waals surface area contributed by atoms with Crippen LogP contribution >= 0.6 is 24.2 Å². The number of hydrogen-bond acceptors (Lipinski definition) is 3. The Morgan fingerprint density at radius 1 is 1.04 bits per heavy atom. The van der Waals surface area contributed by atoms with Crippen molar-refractivity contribution in [2.75, 3.05) is 0 Å². The van der Waals surface area contributed by atoms with Crippen molar-refractivity contribution in [3.63, 3.8) is 0 Å². The summed E-state index contributed by atoms with van der Waals surface area (Å²) in [5.74, 6) is 0.768. The molecule has 5 heteroatoms. The molecule has 4 aromatic rings. The van der Waals surface area contributed by atoms with Gasteiger partial charge in [0, 0.05) is 10.9 Å². The molecule has 2 heterocycles. The molecule has 1 unspecified atom stereocenters. The molecule has 1 N–H and O–H groups in total. The summed E-state index contributed by atoms with van der Waals surface area (Å²) in [5.41, 5.74) is 4.81. The number of para-hydroxylation sites is 2. The molecule has 0 amide bonds. The molecule has 0 aliphatic rings.